The van der Waals surface area contributed by atoms with E-state index in [4.69, 9.17) is 4.74 Å². The van der Waals surface area contributed by atoms with Crippen molar-refractivity contribution in [1.29, 1.82) is 0 Å². The second kappa shape index (κ2) is 13.6. The van der Waals surface area contributed by atoms with E-state index in [2.05, 4.69) is 10.3 Å². The molecule has 200 valence electrons. The predicted molar refractivity (Wildman–Crippen MR) is 155 cm³/mol. The van der Waals surface area contributed by atoms with Crippen LogP contribution in [0.5, 0.6) is 0 Å². The number of esters is 1. The lowest BCUT2D eigenvalue weighted by Gasteiger charge is -2.18. The Morgan fingerprint density at radius 1 is 1.10 bits per heavy atom. The molecule has 39 heavy (non-hydrogen) atoms. The van der Waals surface area contributed by atoms with Crippen LogP contribution in [-0.2, 0) is 16.1 Å². The molecule has 1 heterocycles. The summed E-state index contributed by atoms with van der Waals surface area (Å²) in [6.07, 6.45) is 9.75. The zero-order valence-corrected chi connectivity index (χ0v) is 22.7. The van der Waals surface area contributed by atoms with Gasteiger partial charge in [-0.05, 0) is 76.6 Å². The van der Waals surface area contributed by atoms with Crippen LogP contribution in [0, 0.1) is 5.82 Å². The van der Waals surface area contributed by atoms with Crippen molar-refractivity contribution in [3.63, 3.8) is 0 Å². The van der Waals surface area contributed by atoms with Crippen LogP contribution in [0.25, 0.3) is 22.8 Å². The fraction of sp³-hybridized carbons (Fsp3) is 0.194. The van der Waals surface area contributed by atoms with Crippen LogP contribution < -0.4 is 5.32 Å². The first-order valence-electron chi connectivity index (χ1n) is 12.5. The number of ether oxygens (including phenoxy) is 1. The van der Waals surface area contributed by atoms with Crippen LogP contribution in [0.4, 0.5) is 4.39 Å². The maximum Gasteiger partial charge on any atom is 0.328 e. The van der Waals surface area contributed by atoms with Crippen LogP contribution in [0.3, 0.4) is 0 Å². The monoisotopic (exact) mass is 543 g/mol. The first kappa shape index (κ1) is 27.9. The van der Waals surface area contributed by atoms with Gasteiger partial charge >= 0.3 is 5.97 Å². The van der Waals surface area contributed by atoms with E-state index in [9.17, 15) is 14.0 Å². The molecule has 0 radical (unpaired) electrons. The average molecular weight is 544 g/mol. The van der Waals surface area contributed by atoms with E-state index in [1.807, 2.05) is 65.6 Å². The quantitative estimate of drug-likeness (QED) is 0.187. The Hall–Kier alpha value is -4.17. The smallest absolute Gasteiger partial charge is 0.328 e. The highest BCUT2D eigenvalue weighted by Crippen LogP contribution is 2.28. The van der Waals surface area contributed by atoms with Gasteiger partial charge in [0, 0.05) is 24.5 Å². The number of amides is 1. The highest BCUT2D eigenvalue weighted by Gasteiger charge is 2.23. The lowest BCUT2D eigenvalue weighted by atomic mass is 9.94. The van der Waals surface area contributed by atoms with Gasteiger partial charge in [-0.2, -0.15) is 11.8 Å². The molecule has 0 fully saturated rings. The van der Waals surface area contributed by atoms with Crippen LogP contribution >= 0.6 is 11.8 Å². The normalized spacial score (nSPS) is 12.1. The summed E-state index contributed by atoms with van der Waals surface area (Å²) in [6, 6.07) is 20.9. The largest absolute Gasteiger partial charge is 0.467 e. The molecular formula is C31H30FN3O3S. The molecule has 1 N–H and O–H groups in total. The van der Waals surface area contributed by atoms with E-state index in [-0.39, 0.29) is 11.7 Å². The van der Waals surface area contributed by atoms with Crippen molar-refractivity contribution in [2.45, 2.75) is 19.0 Å². The number of carbonyl (C=O) groups is 2. The molecule has 1 amide bonds. The zero-order chi connectivity index (χ0) is 27.6. The highest BCUT2D eigenvalue weighted by molar-refractivity contribution is 7.98. The number of nitrogens with zero attached hydrogens (tertiary/aromatic N) is 2. The van der Waals surface area contributed by atoms with Gasteiger partial charge in [0.15, 0.2) is 0 Å². The Morgan fingerprint density at radius 2 is 1.87 bits per heavy atom. The van der Waals surface area contributed by atoms with Crippen LogP contribution in [-0.4, -0.2) is 46.6 Å². The maximum absolute atomic E-state index is 13.6. The number of nitrogens with one attached hydrogen (secondary N) is 1. The molecule has 0 aliphatic carbocycles. The Labute approximate surface area is 231 Å². The number of rotatable bonds is 11. The Morgan fingerprint density at radius 3 is 2.54 bits per heavy atom. The molecule has 0 saturated heterocycles. The minimum absolute atomic E-state index is 0.301. The molecule has 0 aliphatic heterocycles. The van der Waals surface area contributed by atoms with Gasteiger partial charge in [0.05, 0.1) is 13.4 Å². The summed E-state index contributed by atoms with van der Waals surface area (Å²) in [5, 5.41) is 2.86. The van der Waals surface area contributed by atoms with Gasteiger partial charge in [0.2, 0.25) is 0 Å². The van der Waals surface area contributed by atoms with E-state index in [1.54, 1.807) is 42.5 Å². The van der Waals surface area contributed by atoms with Gasteiger partial charge in [-0.25, -0.2) is 14.2 Å². The van der Waals surface area contributed by atoms with Crippen molar-refractivity contribution in [3.8, 4) is 11.1 Å². The van der Waals surface area contributed by atoms with Crippen molar-refractivity contribution in [2.75, 3.05) is 19.1 Å². The Bertz CT molecular complexity index is 1420. The molecule has 0 aliphatic rings. The number of hydrogen-bond donors (Lipinski definition) is 1. The lowest BCUT2D eigenvalue weighted by molar-refractivity contribution is -0.142. The summed E-state index contributed by atoms with van der Waals surface area (Å²) in [5.41, 5.74) is 4.76. The van der Waals surface area contributed by atoms with Crippen LogP contribution in [0.2, 0.25) is 0 Å². The van der Waals surface area contributed by atoms with Crippen molar-refractivity contribution in [2.24, 2.45) is 0 Å². The number of methoxy groups -OCH3 is 1. The van der Waals surface area contributed by atoms with Crippen LogP contribution in [0.15, 0.2) is 91.5 Å². The molecule has 0 spiro atoms. The SMILES string of the molecule is COC(=O)[C@H](CCSC)NC(=O)c1ccc(/C=C(/Cn2ccnc2)c2ccc(F)cc2)cc1-c1ccccc1. The van der Waals surface area contributed by atoms with Crippen LogP contribution in [0.1, 0.15) is 27.9 Å². The summed E-state index contributed by atoms with van der Waals surface area (Å²) >= 11 is 1.60. The number of imidazole rings is 1. The van der Waals surface area contributed by atoms with Gasteiger partial charge in [0.25, 0.3) is 5.91 Å². The molecule has 8 heteroatoms. The van der Waals surface area contributed by atoms with Crippen molar-refractivity contribution in [3.05, 3.63) is 114 Å². The first-order valence-corrected chi connectivity index (χ1v) is 13.9. The molecule has 0 saturated carbocycles. The summed E-state index contributed by atoms with van der Waals surface area (Å²) < 4.78 is 20.5. The van der Waals surface area contributed by atoms with Gasteiger partial charge in [-0.15, -0.1) is 0 Å². The fourth-order valence-corrected chi connectivity index (χ4v) is 4.70. The summed E-state index contributed by atoms with van der Waals surface area (Å²) in [4.78, 5) is 29.9. The van der Waals surface area contributed by atoms with E-state index < -0.39 is 12.0 Å². The molecule has 4 aromatic rings. The average Bonchev–Trinajstić information content (AvgIpc) is 3.48. The van der Waals surface area contributed by atoms with Crippen molar-refractivity contribution < 1.29 is 18.7 Å². The molecule has 1 atom stereocenters. The maximum atomic E-state index is 13.6. The van der Waals surface area contributed by atoms with Crippen molar-refractivity contribution in [1.82, 2.24) is 14.9 Å². The summed E-state index contributed by atoms with van der Waals surface area (Å²) in [5.74, 6) is -0.414. The molecule has 6 nitrogen and oxygen atoms in total. The highest BCUT2D eigenvalue weighted by atomic mass is 32.2. The Kier molecular flexibility index (Phi) is 9.69. The van der Waals surface area contributed by atoms with Gasteiger partial charge in [-0.3, -0.25) is 4.79 Å². The number of hydrogen-bond acceptors (Lipinski definition) is 5. The third kappa shape index (κ3) is 7.45. The third-order valence-electron chi connectivity index (χ3n) is 6.24. The molecule has 0 unspecified atom stereocenters. The summed E-state index contributed by atoms with van der Waals surface area (Å²) in [7, 11) is 1.32. The van der Waals surface area contributed by atoms with Gasteiger partial charge < -0.3 is 14.6 Å². The lowest BCUT2D eigenvalue weighted by Crippen LogP contribution is -2.42. The first-order chi connectivity index (χ1) is 19.0. The topological polar surface area (TPSA) is 73.2 Å². The third-order valence-corrected chi connectivity index (χ3v) is 6.89. The molecular weight excluding hydrogens is 513 g/mol. The minimum Gasteiger partial charge on any atom is -0.467 e. The zero-order valence-electron chi connectivity index (χ0n) is 21.8. The van der Waals surface area contributed by atoms with E-state index >= 15 is 0 Å². The predicted octanol–water partition coefficient (Wildman–Crippen LogP) is 5.95. The number of benzene rings is 3. The number of carbonyl (C=O) groups excluding carboxylic acids is 2. The number of aromatic nitrogens is 2. The van der Waals surface area contributed by atoms with Gasteiger partial charge in [0.1, 0.15) is 11.9 Å². The Balaban J connectivity index is 1.74. The second-order valence-electron chi connectivity index (χ2n) is 8.91. The standard InChI is InChI=1S/C31H30FN3O3S/c1-38-31(37)29(14-17-39-2)34-30(36)27-13-8-22(19-28(27)24-6-4-3-5-7-24)18-25(20-35-16-15-33-21-35)23-9-11-26(32)12-10-23/h3-13,15-16,18-19,21,29H,14,17,20H2,1-2H3,(H,34,36)/b25-18-/t29-/m0/s1. The number of allylic oxidation sites excluding steroid dienone is 1. The molecule has 3 aromatic carbocycles. The van der Waals surface area contributed by atoms with Gasteiger partial charge in [-0.1, -0.05) is 48.5 Å². The van der Waals surface area contributed by atoms with E-state index in [0.717, 1.165) is 27.8 Å². The molecule has 0 bridgehead atoms. The summed E-state index contributed by atoms with van der Waals surface area (Å²) in [6.45, 7) is 0.533. The van der Waals surface area contributed by atoms with Crippen molar-refractivity contribution >= 4 is 35.3 Å². The second-order valence-corrected chi connectivity index (χ2v) is 9.90. The minimum atomic E-state index is -0.738. The fourth-order valence-electron chi connectivity index (χ4n) is 4.23. The van der Waals surface area contributed by atoms with E-state index in [1.165, 1.54) is 19.2 Å². The van der Waals surface area contributed by atoms with E-state index in [0.29, 0.717) is 24.3 Å². The number of thioether (sulfide) groups is 1. The molecule has 4 rings (SSSR count). The number of halogens is 1. The molecule has 1 aromatic heterocycles.